The Morgan fingerprint density at radius 1 is 1.04 bits per heavy atom. The van der Waals surface area contributed by atoms with Crippen molar-refractivity contribution in [2.75, 3.05) is 10.6 Å². The fourth-order valence-electron chi connectivity index (χ4n) is 2.37. The van der Waals surface area contributed by atoms with E-state index in [1.165, 1.54) is 23.9 Å². The number of pyridine rings is 1. The van der Waals surface area contributed by atoms with Gasteiger partial charge in [0.2, 0.25) is 11.6 Å². The molecule has 0 atom stereocenters. The Morgan fingerprint density at radius 2 is 1.81 bits per heavy atom. The molecule has 0 aliphatic rings. The molecule has 0 bridgehead atoms. The number of hydrogen-bond acceptors (Lipinski definition) is 9. The number of thiazole rings is 1. The summed E-state index contributed by atoms with van der Waals surface area (Å²) in [6.45, 7) is 0. The Hall–Kier alpha value is -3.37. The standard InChI is InChI=1S/C16H10ClN7O2S/c17-13-10(5-3-7-18-13)21-14-12(24(25)26)15(20-8-19-14)23-16-22-9-4-1-2-6-11(9)27-16/h1-8H,(H2,19,20,21,22,23). The van der Waals surface area contributed by atoms with Crippen molar-refractivity contribution in [3.8, 4) is 0 Å². The normalized spacial score (nSPS) is 10.7. The molecule has 0 spiro atoms. The number of rotatable bonds is 5. The average molecular weight is 400 g/mol. The minimum absolute atomic E-state index is 0.00601. The molecule has 27 heavy (non-hydrogen) atoms. The summed E-state index contributed by atoms with van der Waals surface area (Å²) in [4.78, 5) is 27.4. The molecule has 0 amide bonds. The molecule has 0 radical (unpaired) electrons. The quantitative estimate of drug-likeness (QED) is 0.285. The van der Waals surface area contributed by atoms with Gasteiger partial charge in [-0.25, -0.2) is 19.9 Å². The van der Waals surface area contributed by atoms with Crippen LogP contribution >= 0.6 is 22.9 Å². The van der Waals surface area contributed by atoms with Crippen LogP contribution in [0.15, 0.2) is 48.9 Å². The Balaban J connectivity index is 1.72. The third-order valence-corrected chi connectivity index (χ3v) is 4.79. The molecule has 0 aliphatic carbocycles. The lowest BCUT2D eigenvalue weighted by atomic mass is 10.3. The zero-order chi connectivity index (χ0) is 18.8. The van der Waals surface area contributed by atoms with E-state index in [1.807, 2.05) is 24.3 Å². The second kappa shape index (κ2) is 7.09. The first-order valence-electron chi connectivity index (χ1n) is 7.61. The predicted octanol–water partition coefficient (Wildman–Crippen LogP) is 4.53. The van der Waals surface area contributed by atoms with Crippen LogP contribution in [0.1, 0.15) is 0 Å². The number of nitro groups is 1. The van der Waals surface area contributed by atoms with Gasteiger partial charge in [0.15, 0.2) is 10.3 Å². The minimum atomic E-state index is -0.567. The summed E-state index contributed by atoms with van der Waals surface area (Å²) in [5.74, 6) is 0.0186. The van der Waals surface area contributed by atoms with Gasteiger partial charge in [-0.15, -0.1) is 0 Å². The number of nitrogens with zero attached hydrogens (tertiary/aromatic N) is 5. The van der Waals surface area contributed by atoms with Crippen molar-refractivity contribution in [1.82, 2.24) is 19.9 Å². The number of halogens is 1. The van der Waals surface area contributed by atoms with Crippen molar-refractivity contribution in [3.63, 3.8) is 0 Å². The van der Waals surface area contributed by atoms with Gasteiger partial charge in [-0.2, -0.15) is 0 Å². The Kier molecular flexibility index (Phi) is 4.48. The van der Waals surface area contributed by atoms with E-state index in [9.17, 15) is 10.1 Å². The number of fused-ring (bicyclic) bond motifs is 1. The van der Waals surface area contributed by atoms with E-state index in [1.54, 1.807) is 12.1 Å². The maximum atomic E-state index is 11.7. The van der Waals surface area contributed by atoms with Crippen molar-refractivity contribution in [3.05, 3.63) is 64.2 Å². The van der Waals surface area contributed by atoms with Crippen LogP contribution < -0.4 is 10.6 Å². The molecular formula is C16H10ClN7O2S. The highest BCUT2D eigenvalue weighted by molar-refractivity contribution is 7.22. The molecule has 4 aromatic rings. The second-order valence-corrected chi connectivity index (χ2v) is 6.64. The number of benzene rings is 1. The molecule has 0 aliphatic heterocycles. The Bertz CT molecular complexity index is 1120. The molecular weight excluding hydrogens is 390 g/mol. The van der Waals surface area contributed by atoms with Gasteiger partial charge in [-0.1, -0.05) is 35.1 Å². The summed E-state index contributed by atoms with van der Waals surface area (Å²) in [5, 5.41) is 18.1. The maximum absolute atomic E-state index is 11.7. The number of hydrogen-bond donors (Lipinski definition) is 2. The van der Waals surface area contributed by atoms with Gasteiger partial charge in [-0.05, 0) is 24.3 Å². The van der Waals surface area contributed by atoms with Crippen molar-refractivity contribution >= 4 is 61.3 Å². The number of nitrogens with one attached hydrogen (secondary N) is 2. The van der Waals surface area contributed by atoms with Crippen LogP contribution in [-0.4, -0.2) is 24.9 Å². The first-order valence-corrected chi connectivity index (χ1v) is 8.81. The van der Waals surface area contributed by atoms with E-state index >= 15 is 0 Å². The van der Waals surface area contributed by atoms with Gasteiger partial charge in [0.1, 0.15) is 6.33 Å². The number of para-hydroxylation sites is 1. The van der Waals surface area contributed by atoms with Gasteiger partial charge >= 0.3 is 5.69 Å². The summed E-state index contributed by atoms with van der Waals surface area (Å²) >= 11 is 7.38. The monoisotopic (exact) mass is 399 g/mol. The van der Waals surface area contributed by atoms with Crippen LogP contribution in [0.5, 0.6) is 0 Å². The summed E-state index contributed by atoms with van der Waals surface area (Å²) < 4.78 is 0.956. The van der Waals surface area contributed by atoms with Gasteiger partial charge in [0.25, 0.3) is 0 Å². The zero-order valence-corrected chi connectivity index (χ0v) is 15.0. The molecule has 0 fully saturated rings. The SMILES string of the molecule is O=[N+]([O-])c1c(Nc2nc3ccccc3s2)ncnc1Nc1cccnc1Cl. The lowest BCUT2D eigenvalue weighted by Gasteiger charge is -2.09. The molecule has 0 saturated heterocycles. The molecule has 11 heteroatoms. The summed E-state index contributed by atoms with van der Waals surface area (Å²) in [7, 11) is 0. The fourth-order valence-corrected chi connectivity index (χ4v) is 3.40. The summed E-state index contributed by atoms with van der Waals surface area (Å²) in [5.41, 5.74) is 0.866. The van der Waals surface area contributed by atoms with Gasteiger partial charge in [0.05, 0.1) is 20.8 Å². The first kappa shape index (κ1) is 17.1. The van der Waals surface area contributed by atoms with Crippen molar-refractivity contribution in [2.24, 2.45) is 0 Å². The molecule has 2 N–H and O–H groups in total. The topological polar surface area (TPSA) is 119 Å². The van der Waals surface area contributed by atoms with Gasteiger partial charge in [0, 0.05) is 6.20 Å². The molecule has 134 valence electrons. The van der Waals surface area contributed by atoms with Crippen LogP contribution in [0, 0.1) is 10.1 Å². The minimum Gasteiger partial charge on any atom is -0.332 e. The molecule has 9 nitrogen and oxygen atoms in total. The molecule has 3 heterocycles. The van der Waals surface area contributed by atoms with Crippen molar-refractivity contribution in [1.29, 1.82) is 0 Å². The lowest BCUT2D eigenvalue weighted by Crippen LogP contribution is -2.05. The van der Waals surface area contributed by atoms with E-state index in [-0.39, 0.29) is 22.5 Å². The second-order valence-electron chi connectivity index (χ2n) is 5.26. The Morgan fingerprint density at radius 3 is 2.56 bits per heavy atom. The molecule has 3 aromatic heterocycles. The van der Waals surface area contributed by atoms with E-state index in [2.05, 4.69) is 30.6 Å². The number of aromatic nitrogens is 4. The van der Waals surface area contributed by atoms with E-state index in [0.29, 0.717) is 10.8 Å². The van der Waals surface area contributed by atoms with Crippen molar-refractivity contribution in [2.45, 2.75) is 0 Å². The predicted molar refractivity (Wildman–Crippen MR) is 104 cm³/mol. The maximum Gasteiger partial charge on any atom is 0.353 e. The average Bonchev–Trinajstić information content (AvgIpc) is 3.06. The van der Waals surface area contributed by atoms with Crippen LogP contribution in [0.2, 0.25) is 5.15 Å². The Labute approximate surface area is 161 Å². The highest BCUT2D eigenvalue weighted by atomic mass is 35.5. The smallest absolute Gasteiger partial charge is 0.332 e. The summed E-state index contributed by atoms with van der Waals surface area (Å²) in [6.07, 6.45) is 2.73. The van der Waals surface area contributed by atoms with Gasteiger partial charge < -0.3 is 10.6 Å². The largest absolute Gasteiger partial charge is 0.353 e. The number of anilines is 4. The first-order chi connectivity index (χ1) is 13.1. The van der Waals surface area contributed by atoms with Crippen LogP contribution in [0.4, 0.5) is 28.1 Å². The fraction of sp³-hybridized carbons (Fsp3) is 0. The van der Waals surface area contributed by atoms with Crippen LogP contribution in [-0.2, 0) is 0 Å². The zero-order valence-electron chi connectivity index (χ0n) is 13.5. The van der Waals surface area contributed by atoms with E-state index < -0.39 is 4.92 Å². The highest BCUT2D eigenvalue weighted by Crippen LogP contribution is 2.35. The summed E-state index contributed by atoms with van der Waals surface area (Å²) in [6, 6.07) is 10.9. The third kappa shape index (κ3) is 3.48. The molecule has 4 rings (SSSR count). The van der Waals surface area contributed by atoms with Crippen LogP contribution in [0.25, 0.3) is 10.2 Å². The highest BCUT2D eigenvalue weighted by Gasteiger charge is 2.24. The molecule has 0 saturated carbocycles. The molecule has 1 aromatic carbocycles. The van der Waals surface area contributed by atoms with Gasteiger partial charge in [-0.3, -0.25) is 10.1 Å². The van der Waals surface area contributed by atoms with E-state index in [0.717, 1.165) is 10.2 Å². The lowest BCUT2D eigenvalue weighted by molar-refractivity contribution is -0.383. The van der Waals surface area contributed by atoms with E-state index in [4.69, 9.17) is 11.6 Å². The third-order valence-electron chi connectivity index (χ3n) is 3.54. The van der Waals surface area contributed by atoms with Crippen molar-refractivity contribution < 1.29 is 4.92 Å². The molecule has 0 unspecified atom stereocenters. The van der Waals surface area contributed by atoms with Crippen LogP contribution in [0.3, 0.4) is 0 Å².